The number of hydrogen-bond acceptors (Lipinski definition) is 6. The second-order valence-electron chi connectivity index (χ2n) is 8.42. The lowest BCUT2D eigenvalue weighted by atomic mass is 10.1. The van der Waals surface area contributed by atoms with Gasteiger partial charge >= 0.3 is 0 Å². The van der Waals surface area contributed by atoms with E-state index in [1.165, 1.54) is 6.07 Å². The molecule has 6 aromatic rings. The van der Waals surface area contributed by atoms with Gasteiger partial charge < -0.3 is 4.98 Å². The van der Waals surface area contributed by atoms with Crippen LogP contribution in [0.1, 0.15) is 19.0 Å². The molecule has 0 aliphatic heterocycles. The molecule has 0 atom stereocenters. The third-order valence-corrected chi connectivity index (χ3v) is 6.13. The number of nitrogens with one attached hydrogen (secondary N) is 2. The fourth-order valence-corrected chi connectivity index (χ4v) is 4.20. The zero-order chi connectivity index (χ0) is 24.6. The first-order chi connectivity index (χ1) is 17.6. The van der Waals surface area contributed by atoms with Crippen LogP contribution in [0, 0.1) is 5.82 Å². The number of carbonyl (C=O) groups excluding carboxylic acids is 1. The third kappa shape index (κ3) is 3.80. The maximum atomic E-state index is 14.5. The molecule has 0 spiro atoms. The molecule has 0 saturated heterocycles. The third-order valence-electron chi connectivity index (χ3n) is 6.13. The average molecular weight is 478 g/mol. The van der Waals surface area contributed by atoms with Gasteiger partial charge in [0, 0.05) is 59.4 Å². The molecule has 36 heavy (non-hydrogen) atoms. The first kappa shape index (κ1) is 21.7. The van der Waals surface area contributed by atoms with Gasteiger partial charge in [0.2, 0.25) is 0 Å². The molecule has 8 nitrogen and oxygen atoms in total. The molecular formula is C27H20FN7O. The molecule has 176 valence electrons. The summed E-state index contributed by atoms with van der Waals surface area (Å²) < 4.78 is 14.5. The quantitative estimate of drug-likeness (QED) is 0.337. The Bertz CT molecular complexity index is 1740. The van der Waals surface area contributed by atoms with Crippen LogP contribution in [0.3, 0.4) is 0 Å². The summed E-state index contributed by atoms with van der Waals surface area (Å²) in [5.41, 5.74) is 5.89. The highest BCUT2D eigenvalue weighted by Crippen LogP contribution is 2.32. The van der Waals surface area contributed by atoms with Crippen LogP contribution >= 0.6 is 0 Å². The maximum Gasteiger partial charge on any atom is 0.181 e. The zero-order valence-corrected chi connectivity index (χ0v) is 19.3. The summed E-state index contributed by atoms with van der Waals surface area (Å²) in [5, 5.41) is 8.11. The number of nitrogens with zero attached hydrogens (tertiary/aromatic N) is 5. The van der Waals surface area contributed by atoms with Gasteiger partial charge in [0.25, 0.3) is 0 Å². The number of pyridine rings is 3. The smallest absolute Gasteiger partial charge is 0.181 e. The summed E-state index contributed by atoms with van der Waals surface area (Å²) in [7, 11) is 0. The van der Waals surface area contributed by atoms with Gasteiger partial charge in [-0.05, 0) is 24.3 Å². The Labute approximate surface area is 204 Å². The lowest BCUT2D eigenvalue weighted by Crippen LogP contribution is -2.02. The topological polar surface area (TPSA) is 113 Å². The Balaban J connectivity index is 1.41. The highest BCUT2D eigenvalue weighted by molar-refractivity contribution is 5.96. The standard InChI is InChI=1S/C27H20FN7O/c1-2-18(36)12-17-8-7-15(13-30-17)16-11-21-24(34-35-25(21)31-14-16)27-32-23-20(9-10-29-26(23)33-27)19-5-3-4-6-22(19)28/h3-11,13-14H,2,12H2,1H3,(H,29,32,33)(H,31,34,35). The van der Waals surface area contributed by atoms with Gasteiger partial charge in [0.1, 0.15) is 17.3 Å². The molecule has 6 rings (SSSR count). The second-order valence-corrected chi connectivity index (χ2v) is 8.42. The fraction of sp³-hybridized carbons (Fsp3) is 0.111. The number of ketones is 1. The summed E-state index contributed by atoms with van der Waals surface area (Å²) in [6.45, 7) is 1.85. The Morgan fingerprint density at radius 1 is 0.944 bits per heavy atom. The molecular weight excluding hydrogens is 457 g/mol. The number of carbonyl (C=O) groups is 1. The Hall–Kier alpha value is -4.79. The van der Waals surface area contributed by atoms with Crippen molar-refractivity contribution >= 4 is 28.0 Å². The average Bonchev–Trinajstić information content (AvgIpc) is 3.53. The molecule has 0 fully saturated rings. The number of Topliss-reactive ketones (excluding diaryl/α,β-unsaturated/α-hetero) is 1. The van der Waals surface area contributed by atoms with E-state index in [9.17, 15) is 9.18 Å². The number of halogens is 1. The molecule has 5 aromatic heterocycles. The van der Waals surface area contributed by atoms with Crippen molar-refractivity contribution in [1.29, 1.82) is 0 Å². The van der Waals surface area contributed by atoms with E-state index in [1.54, 1.807) is 42.9 Å². The number of aromatic nitrogens is 7. The number of benzene rings is 1. The van der Waals surface area contributed by atoms with Crippen molar-refractivity contribution in [2.75, 3.05) is 0 Å². The predicted molar refractivity (Wildman–Crippen MR) is 134 cm³/mol. The van der Waals surface area contributed by atoms with E-state index >= 15 is 0 Å². The number of imidazole rings is 1. The minimum absolute atomic E-state index is 0.153. The van der Waals surface area contributed by atoms with Gasteiger partial charge in [-0.2, -0.15) is 5.10 Å². The van der Waals surface area contributed by atoms with Gasteiger partial charge in [-0.25, -0.2) is 19.3 Å². The first-order valence-electron chi connectivity index (χ1n) is 11.5. The van der Waals surface area contributed by atoms with Crippen molar-refractivity contribution in [3.8, 4) is 33.8 Å². The summed E-state index contributed by atoms with van der Waals surface area (Å²) in [5.74, 6) is 0.356. The summed E-state index contributed by atoms with van der Waals surface area (Å²) in [6.07, 6.45) is 5.91. The molecule has 0 amide bonds. The van der Waals surface area contributed by atoms with E-state index in [0.717, 1.165) is 22.2 Å². The maximum absolute atomic E-state index is 14.5. The van der Waals surface area contributed by atoms with E-state index in [2.05, 4.69) is 35.1 Å². The highest BCUT2D eigenvalue weighted by Gasteiger charge is 2.17. The van der Waals surface area contributed by atoms with E-state index in [4.69, 9.17) is 0 Å². The lowest BCUT2D eigenvalue weighted by molar-refractivity contribution is -0.118. The Morgan fingerprint density at radius 3 is 2.61 bits per heavy atom. The van der Waals surface area contributed by atoms with E-state index < -0.39 is 0 Å². The van der Waals surface area contributed by atoms with Gasteiger partial charge in [-0.3, -0.25) is 14.9 Å². The van der Waals surface area contributed by atoms with Gasteiger partial charge in [0.05, 0.1) is 10.9 Å². The molecule has 0 radical (unpaired) electrons. The van der Waals surface area contributed by atoms with Crippen molar-refractivity contribution in [2.45, 2.75) is 19.8 Å². The number of H-pyrrole nitrogens is 2. The molecule has 0 aliphatic rings. The van der Waals surface area contributed by atoms with Gasteiger partial charge in [0.15, 0.2) is 17.1 Å². The summed E-state index contributed by atoms with van der Waals surface area (Å²) >= 11 is 0. The number of aromatic amines is 2. The predicted octanol–water partition coefficient (Wildman–Crippen LogP) is 5.29. The van der Waals surface area contributed by atoms with Crippen LogP contribution in [0.2, 0.25) is 0 Å². The van der Waals surface area contributed by atoms with Crippen LogP contribution in [-0.4, -0.2) is 40.9 Å². The number of hydrogen-bond donors (Lipinski definition) is 2. The summed E-state index contributed by atoms with van der Waals surface area (Å²) in [4.78, 5) is 32.9. The molecule has 9 heteroatoms. The SMILES string of the molecule is CCC(=O)Cc1ccc(-c2cnc3n[nH]c(-c4nc5nccc(-c6ccccc6F)c5[nH]4)c3c2)cn1. The number of fused-ring (bicyclic) bond motifs is 2. The van der Waals surface area contributed by atoms with Crippen molar-refractivity contribution in [2.24, 2.45) is 0 Å². The van der Waals surface area contributed by atoms with Crippen LogP contribution < -0.4 is 0 Å². The van der Waals surface area contributed by atoms with Crippen LogP contribution in [0.15, 0.2) is 67.1 Å². The lowest BCUT2D eigenvalue weighted by Gasteiger charge is -2.04. The minimum Gasteiger partial charge on any atom is -0.335 e. The molecule has 2 N–H and O–H groups in total. The largest absolute Gasteiger partial charge is 0.335 e. The van der Waals surface area contributed by atoms with E-state index in [0.29, 0.717) is 52.3 Å². The van der Waals surface area contributed by atoms with Crippen LogP contribution in [-0.2, 0) is 11.2 Å². The van der Waals surface area contributed by atoms with Gasteiger partial charge in [-0.1, -0.05) is 31.2 Å². The van der Waals surface area contributed by atoms with Crippen LogP contribution in [0.4, 0.5) is 4.39 Å². The fourth-order valence-electron chi connectivity index (χ4n) is 4.20. The van der Waals surface area contributed by atoms with Crippen molar-refractivity contribution in [1.82, 2.24) is 35.1 Å². The Morgan fingerprint density at radius 2 is 1.81 bits per heavy atom. The van der Waals surface area contributed by atoms with Crippen LogP contribution in [0.5, 0.6) is 0 Å². The summed E-state index contributed by atoms with van der Waals surface area (Å²) in [6, 6.07) is 14.1. The monoisotopic (exact) mass is 477 g/mol. The molecule has 0 saturated carbocycles. The molecule has 0 aliphatic carbocycles. The molecule has 1 aromatic carbocycles. The van der Waals surface area contributed by atoms with Crippen molar-refractivity contribution in [3.05, 3.63) is 78.6 Å². The Kier molecular flexibility index (Phi) is 5.29. The van der Waals surface area contributed by atoms with E-state index in [-0.39, 0.29) is 11.6 Å². The van der Waals surface area contributed by atoms with Crippen molar-refractivity contribution < 1.29 is 9.18 Å². The molecule has 0 bridgehead atoms. The van der Waals surface area contributed by atoms with E-state index in [1.807, 2.05) is 25.1 Å². The second kappa shape index (κ2) is 8.77. The highest BCUT2D eigenvalue weighted by atomic mass is 19.1. The first-order valence-corrected chi connectivity index (χ1v) is 11.5. The van der Waals surface area contributed by atoms with Gasteiger partial charge in [-0.15, -0.1) is 0 Å². The number of rotatable bonds is 6. The zero-order valence-electron chi connectivity index (χ0n) is 19.3. The molecule has 5 heterocycles. The van der Waals surface area contributed by atoms with Crippen LogP contribution in [0.25, 0.3) is 56.0 Å². The molecule has 0 unspecified atom stereocenters. The normalized spacial score (nSPS) is 11.4. The van der Waals surface area contributed by atoms with Crippen molar-refractivity contribution in [3.63, 3.8) is 0 Å². The minimum atomic E-state index is -0.319.